The Kier molecular flexibility index (Phi) is 10.9. The van der Waals surface area contributed by atoms with Gasteiger partial charge in [-0.3, -0.25) is 19.3 Å². The van der Waals surface area contributed by atoms with E-state index >= 15 is 4.39 Å². The topological polar surface area (TPSA) is 110 Å². The second kappa shape index (κ2) is 15.0. The minimum Gasteiger partial charge on any atom is -0.485 e. The zero-order chi connectivity index (χ0) is 37.1. The molecule has 4 heterocycles. The summed E-state index contributed by atoms with van der Waals surface area (Å²) in [5.74, 6) is -0.103. The molecule has 268 valence electrons. The van der Waals surface area contributed by atoms with Crippen LogP contribution in [-0.2, 0) is 18.9 Å². The maximum absolute atomic E-state index is 15.5. The van der Waals surface area contributed by atoms with Crippen molar-refractivity contribution in [2.24, 2.45) is 7.05 Å². The van der Waals surface area contributed by atoms with E-state index in [4.69, 9.17) is 4.74 Å². The van der Waals surface area contributed by atoms with E-state index in [1.807, 2.05) is 47.6 Å². The van der Waals surface area contributed by atoms with E-state index in [0.717, 1.165) is 25.2 Å². The molecule has 2 aromatic heterocycles. The Morgan fingerprint density at radius 2 is 1.78 bits per heavy atom. The van der Waals surface area contributed by atoms with Crippen molar-refractivity contribution in [3.8, 4) is 17.0 Å². The van der Waals surface area contributed by atoms with Gasteiger partial charge in [-0.05, 0) is 81.2 Å². The van der Waals surface area contributed by atoms with Crippen molar-refractivity contribution in [3.05, 3.63) is 106 Å². The summed E-state index contributed by atoms with van der Waals surface area (Å²) in [7, 11) is 1.52. The second-order valence-corrected chi connectivity index (χ2v) is 13.8. The Labute approximate surface area is 299 Å². The fourth-order valence-electron chi connectivity index (χ4n) is 6.34. The van der Waals surface area contributed by atoms with E-state index < -0.39 is 22.7 Å². The van der Waals surface area contributed by atoms with Gasteiger partial charge in [0.25, 0.3) is 11.5 Å². The number of aromatic nitrogens is 3. The maximum atomic E-state index is 15.5. The summed E-state index contributed by atoms with van der Waals surface area (Å²) >= 11 is 0. The minimum absolute atomic E-state index is 0.00698. The van der Waals surface area contributed by atoms with Gasteiger partial charge in [0.05, 0.1) is 23.1 Å². The van der Waals surface area contributed by atoms with Crippen LogP contribution in [0.5, 0.6) is 5.75 Å². The number of amides is 1. The first-order chi connectivity index (χ1) is 24.3. The van der Waals surface area contributed by atoms with Crippen molar-refractivity contribution >= 4 is 29.4 Å². The average molecular weight is 695 g/mol. The van der Waals surface area contributed by atoms with Gasteiger partial charge in [-0.15, -0.1) is 6.58 Å². The highest BCUT2D eigenvalue weighted by Gasteiger charge is 2.33. The molecule has 1 saturated heterocycles. The zero-order valence-corrected chi connectivity index (χ0v) is 30.5. The van der Waals surface area contributed by atoms with Crippen LogP contribution in [0, 0.1) is 5.82 Å². The van der Waals surface area contributed by atoms with Crippen LogP contribution in [0.25, 0.3) is 11.3 Å². The number of aldehydes is 1. The molecule has 0 saturated carbocycles. The number of ether oxygens (including phenoxy) is 1. The van der Waals surface area contributed by atoms with Crippen molar-refractivity contribution in [2.45, 2.75) is 65.4 Å². The zero-order valence-electron chi connectivity index (χ0n) is 30.5. The lowest BCUT2D eigenvalue weighted by atomic mass is 9.82. The lowest BCUT2D eigenvalue weighted by Crippen LogP contribution is -2.48. The average Bonchev–Trinajstić information content (AvgIpc) is 3.09. The first kappa shape index (κ1) is 37.1. The van der Waals surface area contributed by atoms with Crippen molar-refractivity contribution in [3.63, 3.8) is 0 Å². The molecule has 2 aliphatic heterocycles. The molecule has 0 atom stereocenters. The number of nitrogens with zero attached hydrogens (tertiary/aromatic N) is 5. The monoisotopic (exact) mass is 694 g/mol. The van der Waals surface area contributed by atoms with Gasteiger partial charge in [0.2, 0.25) is 0 Å². The molecule has 0 bridgehead atoms. The van der Waals surface area contributed by atoms with Gasteiger partial charge in [0, 0.05) is 36.7 Å². The number of rotatable bonds is 11. The molecular weight excluding hydrogens is 647 g/mol. The fourth-order valence-corrected chi connectivity index (χ4v) is 6.34. The van der Waals surface area contributed by atoms with Crippen LogP contribution in [0.1, 0.15) is 79.8 Å². The number of anilines is 3. The summed E-state index contributed by atoms with van der Waals surface area (Å²) in [5, 5.41) is 7.50. The molecule has 0 radical (unpaired) electrons. The smallest absolute Gasteiger partial charge is 0.290 e. The largest absolute Gasteiger partial charge is 0.485 e. The summed E-state index contributed by atoms with van der Waals surface area (Å²) in [4.78, 5) is 47.8. The molecule has 1 fully saturated rings. The molecule has 0 aliphatic carbocycles. The maximum Gasteiger partial charge on any atom is 0.290 e. The first-order valence-electron chi connectivity index (χ1n) is 17.4. The number of pyridine rings is 1. The lowest BCUT2D eigenvalue weighted by molar-refractivity contribution is 0.0350. The molecule has 0 unspecified atom stereocenters. The van der Waals surface area contributed by atoms with Gasteiger partial charge in [-0.1, -0.05) is 52.0 Å². The predicted octanol–water partition coefficient (Wildman–Crippen LogP) is 7.09. The summed E-state index contributed by atoms with van der Waals surface area (Å²) < 4.78 is 22.9. The number of halogens is 1. The van der Waals surface area contributed by atoms with Gasteiger partial charge in [-0.25, -0.2) is 14.1 Å². The molecule has 51 heavy (non-hydrogen) atoms. The SMILES string of the molecule is C=CC(C)(C)c1cc(F)c2c(c1)CCN(c1cccc(-c3cc(Nc4ccc(OC(C)(C)CN5CCC5)cn4)c(=O)n(C)n3)c1C=O)C2=O.CC. The first-order valence-corrected chi connectivity index (χ1v) is 17.4. The van der Waals surface area contributed by atoms with Gasteiger partial charge in [0.1, 0.15) is 28.7 Å². The third-order valence-corrected chi connectivity index (χ3v) is 9.27. The summed E-state index contributed by atoms with van der Waals surface area (Å²) in [6, 6.07) is 13.4. The Balaban J connectivity index is 0.00000248. The molecule has 6 rings (SSSR count). The number of nitrogens with one attached hydrogen (secondary N) is 1. The van der Waals surface area contributed by atoms with Crippen LogP contribution in [0.4, 0.5) is 21.6 Å². The van der Waals surface area contributed by atoms with Crippen molar-refractivity contribution < 1.29 is 18.7 Å². The molecule has 1 amide bonds. The molecule has 0 spiro atoms. The fraction of sp³-hybridized carbons (Fsp3) is 0.375. The Hall–Kier alpha value is -5.16. The Bertz CT molecular complexity index is 2000. The number of benzene rings is 2. The van der Waals surface area contributed by atoms with Crippen LogP contribution in [0.2, 0.25) is 0 Å². The molecule has 2 aromatic carbocycles. The number of aryl methyl sites for hydroxylation is 1. The number of hydrogen-bond acceptors (Lipinski definition) is 8. The van der Waals surface area contributed by atoms with Crippen LogP contribution in [0.3, 0.4) is 0 Å². The van der Waals surface area contributed by atoms with Crippen LogP contribution < -0.4 is 20.5 Å². The van der Waals surface area contributed by atoms with Gasteiger partial charge in [0.15, 0.2) is 6.29 Å². The predicted molar refractivity (Wildman–Crippen MR) is 200 cm³/mol. The second-order valence-electron chi connectivity index (χ2n) is 13.8. The third kappa shape index (κ3) is 7.78. The summed E-state index contributed by atoms with van der Waals surface area (Å²) in [6.45, 7) is 19.1. The number of carbonyl (C=O) groups is 2. The standard InChI is InChI=1S/C38H41FN6O4.C2H6/c1-7-37(2,3)25-18-24-14-17-45(36(48)34(24)29(39)19-25)32-11-8-10-27(28(32)22-46)30-20-31(35(47)43(6)42-30)41-33-13-12-26(21-40-33)49-38(4,5)23-44-15-9-16-44;1-2/h7-8,10-13,18-22H,1,9,14-17,23H2,2-6H3,(H,40,41);1-2H3. The Morgan fingerprint density at radius 3 is 2.41 bits per heavy atom. The van der Waals surface area contributed by atoms with Gasteiger partial charge in [-0.2, -0.15) is 5.10 Å². The molecule has 10 nitrogen and oxygen atoms in total. The van der Waals surface area contributed by atoms with E-state index in [1.165, 1.54) is 29.1 Å². The molecule has 4 aromatic rings. The van der Waals surface area contributed by atoms with Gasteiger partial charge < -0.3 is 15.0 Å². The number of likely N-dealkylation sites (tertiary alicyclic amines) is 1. The molecule has 11 heteroatoms. The minimum atomic E-state index is -0.611. The summed E-state index contributed by atoms with van der Waals surface area (Å²) in [6.07, 6.45) is 5.63. The van der Waals surface area contributed by atoms with Gasteiger partial charge >= 0.3 is 0 Å². The van der Waals surface area contributed by atoms with E-state index in [1.54, 1.807) is 48.7 Å². The highest BCUT2D eigenvalue weighted by atomic mass is 19.1. The van der Waals surface area contributed by atoms with E-state index in [-0.39, 0.29) is 29.0 Å². The van der Waals surface area contributed by atoms with Crippen molar-refractivity contribution in [2.75, 3.05) is 36.4 Å². The molecule has 1 N–H and O–H groups in total. The van der Waals surface area contributed by atoms with Crippen molar-refractivity contribution in [1.29, 1.82) is 0 Å². The number of carbonyl (C=O) groups excluding carboxylic acids is 2. The highest BCUT2D eigenvalue weighted by molar-refractivity contribution is 6.11. The number of fused-ring (bicyclic) bond motifs is 1. The molecule has 2 aliphatic rings. The summed E-state index contributed by atoms with van der Waals surface area (Å²) in [5.41, 5.74) is 1.55. The van der Waals surface area contributed by atoms with E-state index in [2.05, 4.69) is 26.9 Å². The number of hydrogen-bond donors (Lipinski definition) is 1. The Morgan fingerprint density at radius 1 is 1.04 bits per heavy atom. The van der Waals surface area contributed by atoms with Crippen LogP contribution >= 0.6 is 0 Å². The quantitative estimate of drug-likeness (QED) is 0.131. The lowest BCUT2D eigenvalue weighted by Gasteiger charge is -2.38. The van der Waals surface area contributed by atoms with E-state index in [9.17, 15) is 14.4 Å². The van der Waals surface area contributed by atoms with E-state index in [0.29, 0.717) is 46.8 Å². The highest BCUT2D eigenvalue weighted by Crippen LogP contribution is 2.36. The number of allylic oxidation sites excluding steroid dienone is 1. The van der Waals surface area contributed by atoms with Crippen molar-refractivity contribution in [1.82, 2.24) is 19.7 Å². The normalized spacial score (nSPS) is 14.5. The molecular formula is C40H47FN6O4. The van der Waals surface area contributed by atoms with Crippen LogP contribution in [0.15, 0.2) is 72.2 Å². The van der Waals surface area contributed by atoms with Crippen LogP contribution in [-0.4, -0.2) is 63.6 Å². The third-order valence-electron chi connectivity index (χ3n) is 9.27.